The van der Waals surface area contributed by atoms with Crippen LogP contribution in [0.1, 0.15) is 36.6 Å². The van der Waals surface area contributed by atoms with Gasteiger partial charge in [0.15, 0.2) is 0 Å². The van der Waals surface area contributed by atoms with E-state index >= 15 is 0 Å². The van der Waals surface area contributed by atoms with Crippen LogP contribution < -0.4 is 5.32 Å². The molecule has 0 radical (unpaired) electrons. The van der Waals surface area contributed by atoms with Gasteiger partial charge in [0.25, 0.3) is 0 Å². The maximum Gasteiger partial charge on any atom is 0.0485 e. The summed E-state index contributed by atoms with van der Waals surface area (Å²) in [6.45, 7) is 9.91. The molecule has 0 saturated heterocycles. The van der Waals surface area contributed by atoms with Crippen molar-refractivity contribution in [2.45, 2.75) is 46.7 Å². The van der Waals surface area contributed by atoms with E-state index in [1.807, 2.05) is 11.8 Å². The largest absolute Gasteiger partial charge is 0.345 e. The van der Waals surface area contributed by atoms with Crippen LogP contribution in [-0.2, 0) is 13.1 Å². The summed E-state index contributed by atoms with van der Waals surface area (Å²) in [5.41, 5.74) is 5.64. The normalized spacial score (nSPS) is 11.4. The first kappa shape index (κ1) is 16.4. The third-order valence-electron chi connectivity index (χ3n) is 4.19. The Labute approximate surface area is 133 Å². The minimum Gasteiger partial charge on any atom is -0.345 e. The zero-order valence-electron chi connectivity index (χ0n) is 13.8. The molecule has 21 heavy (non-hydrogen) atoms. The Kier molecular flexibility index (Phi) is 6.19. The van der Waals surface area contributed by atoms with Gasteiger partial charge in [0.2, 0.25) is 0 Å². The third-order valence-corrected chi connectivity index (χ3v) is 4.89. The number of aromatic nitrogens is 1. The predicted molar refractivity (Wildman–Crippen MR) is 96.4 cm³/mol. The molecule has 0 fully saturated rings. The summed E-state index contributed by atoms with van der Waals surface area (Å²) in [6, 6.07) is 6.94. The van der Waals surface area contributed by atoms with E-state index in [1.54, 1.807) is 0 Å². The fraction of sp³-hybridized carbons (Fsp3) is 0.556. The SMILES string of the molecule is CCCNCc1ccc2c(c1)c(C)c(C)n2CCCSC. The highest BCUT2D eigenvalue weighted by Gasteiger charge is 2.11. The summed E-state index contributed by atoms with van der Waals surface area (Å²) in [5, 5.41) is 4.91. The molecule has 0 unspecified atom stereocenters. The number of hydrogen-bond acceptors (Lipinski definition) is 2. The van der Waals surface area contributed by atoms with Gasteiger partial charge in [0.1, 0.15) is 0 Å². The topological polar surface area (TPSA) is 17.0 Å². The average molecular weight is 305 g/mol. The van der Waals surface area contributed by atoms with Crippen LogP contribution in [0.25, 0.3) is 10.9 Å². The Hall–Kier alpha value is -0.930. The van der Waals surface area contributed by atoms with Crippen molar-refractivity contribution in [3.05, 3.63) is 35.0 Å². The average Bonchev–Trinajstić information content (AvgIpc) is 2.73. The van der Waals surface area contributed by atoms with E-state index in [9.17, 15) is 0 Å². The van der Waals surface area contributed by atoms with Gasteiger partial charge in [-0.3, -0.25) is 0 Å². The van der Waals surface area contributed by atoms with Crippen molar-refractivity contribution in [1.82, 2.24) is 9.88 Å². The first-order valence-corrected chi connectivity index (χ1v) is 9.36. The van der Waals surface area contributed by atoms with Gasteiger partial charge in [-0.25, -0.2) is 0 Å². The van der Waals surface area contributed by atoms with E-state index in [4.69, 9.17) is 0 Å². The van der Waals surface area contributed by atoms with Crippen molar-refractivity contribution in [3.63, 3.8) is 0 Å². The summed E-state index contributed by atoms with van der Waals surface area (Å²) in [4.78, 5) is 0. The Morgan fingerprint density at radius 1 is 1.24 bits per heavy atom. The number of thioether (sulfide) groups is 1. The molecule has 0 aliphatic carbocycles. The molecule has 1 heterocycles. The van der Waals surface area contributed by atoms with Crippen molar-refractivity contribution in [1.29, 1.82) is 0 Å². The van der Waals surface area contributed by atoms with Crippen LogP contribution in [0.2, 0.25) is 0 Å². The Bertz CT molecular complexity index is 586. The fourth-order valence-corrected chi connectivity index (χ4v) is 3.29. The molecule has 3 heteroatoms. The van der Waals surface area contributed by atoms with Crippen LogP contribution in [0.5, 0.6) is 0 Å². The maximum absolute atomic E-state index is 3.49. The summed E-state index contributed by atoms with van der Waals surface area (Å²) >= 11 is 1.93. The molecule has 2 aromatic rings. The number of nitrogens with zero attached hydrogens (tertiary/aromatic N) is 1. The number of nitrogens with one attached hydrogen (secondary N) is 1. The molecule has 0 aliphatic heterocycles. The summed E-state index contributed by atoms with van der Waals surface area (Å²) in [6.07, 6.45) is 4.61. The second-order valence-corrected chi connectivity index (χ2v) is 6.72. The molecule has 0 spiro atoms. The molecule has 0 saturated carbocycles. The smallest absolute Gasteiger partial charge is 0.0485 e. The molecule has 1 aromatic heterocycles. The van der Waals surface area contributed by atoms with E-state index in [0.29, 0.717) is 0 Å². The molecular weight excluding hydrogens is 276 g/mol. The monoisotopic (exact) mass is 304 g/mol. The van der Waals surface area contributed by atoms with Crippen molar-refractivity contribution in [2.24, 2.45) is 0 Å². The second-order valence-electron chi connectivity index (χ2n) is 5.74. The molecule has 0 atom stereocenters. The Balaban J connectivity index is 2.24. The molecule has 116 valence electrons. The van der Waals surface area contributed by atoms with Crippen molar-refractivity contribution < 1.29 is 0 Å². The summed E-state index contributed by atoms with van der Waals surface area (Å²) < 4.78 is 2.49. The van der Waals surface area contributed by atoms with Gasteiger partial charge >= 0.3 is 0 Å². The third kappa shape index (κ3) is 3.83. The van der Waals surface area contributed by atoms with Gasteiger partial charge in [0.05, 0.1) is 0 Å². The number of benzene rings is 1. The number of hydrogen-bond donors (Lipinski definition) is 1. The molecular formula is C18H28N2S. The second kappa shape index (κ2) is 7.90. The van der Waals surface area contributed by atoms with Gasteiger partial charge in [-0.2, -0.15) is 11.8 Å². The van der Waals surface area contributed by atoms with Crippen LogP contribution in [0, 0.1) is 13.8 Å². The fourth-order valence-electron chi connectivity index (χ4n) is 2.87. The first-order chi connectivity index (χ1) is 10.2. The molecule has 1 N–H and O–H groups in total. The van der Waals surface area contributed by atoms with Crippen LogP contribution in [0.4, 0.5) is 0 Å². The molecule has 0 bridgehead atoms. The van der Waals surface area contributed by atoms with E-state index in [2.05, 4.69) is 55.1 Å². The van der Waals surface area contributed by atoms with Gasteiger partial charge in [-0.1, -0.05) is 13.0 Å². The van der Waals surface area contributed by atoms with Gasteiger partial charge < -0.3 is 9.88 Å². The van der Waals surface area contributed by atoms with Gasteiger partial charge in [-0.15, -0.1) is 0 Å². The van der Waals surface area contributed by atoms with Crippen molar-refractivity contribution >= 4 is 22.7 Å². The maximum atomic E-state index is 3.49. The van der Waals surface area contributed by atoms with E-state index in [0.717, 1.165) is 19.6 Å². The van der Waals surface area contributed by atoms with Crippen LogP contribution in [0.3, 0.4) is 0 Å². The predicted octanol–water partition coefficient (Wildman–Crippen LogP) is 4.51. The van der Waals surface area contributed by atoms with Gasteiger partial charge in [0, 0.05) is 29.7 Å². The standard InChI is InChI=1S/C18H28N2S/c1-5-9-19-13-16-7-8-18-17(12-16)14(2)15(3)20(18)10-6-11-21-4/h7-8,12,19H,5-6,9-11,13H2,1-4H3. The number of fused-ring (bicyclic) bond motifs is 1. The first-order valence-electron chi connectivity index (χ1n) is 7.97. The lowest BCUT2D eigenvalue weighted by Gasteiger charge is -2.08. The summed E-state index contributed by atoms with van der Waals surface area (Å²) in [7, 11) is 0. The Morgan fingerprint density at radius 2 is 2.05 bits per heavy atom. The molecule has 2 nitrogen and oxygen atoms in total. The molecule has 0 amide bonds. The zero-order chi connectivity index (χ0) is 15.2. The molecule has 2 rings (SSSR count). The van der Waals surface area contributed by atoms with Crippen molar-refractivity contribution in [2.75, 3.05) is 18.6 Å². The highest BCUT2D eigenvalue weighted by Crippen LogP contribution is 2.26. The Morgan fingerprint density at radius 3 is 2.76 bits per heavy atom. The quantitative estimate of drug-likeness (QED) is 0.723. The lowest BCUT2D eigenvalue weighted by molar-refractivity contribution is 0.675. The van der Waals surface area contributed by atoms with E-state index < -0.39 is 0 Å². The van der Waals surface area contributed by atoms with Crippen molar-refractivity contribution in [3.8, 4) is 0 Å². The molecule has 0 aliphatic rings. The van der Waals surface area contributed by atoms with Gasteiger partial charge in [-0.05, 0) is 68.5 Å². The zero-order valence-corrected chi connectivity index (χ0v) is 14.6. The lowest BCUT2D eigenvalue weighted by atomic mass is 10.1. The number of rotatable bonds is 8. The summed E-state index contributed by atoms with van der Waals surface area (Å²) in [5.74, 6) is 1.23. The number of aryl methyl sites for hydroxylation is 2. The van der Waals surface area contributed by atoms with Crippen LogP contribution in [-0.4, -0.2) is 23.1 Å². The highest BCUT2D eigenvalue weighted by atomic mass is 32.2. The lowest BCUT2D eigenvalue weighted by Crippen LogP contribution is -2.13. The highest BCUT2D eigenvalue weighted by molar-refractivity contribution is 7.98. The van der Waals surface area contributed by atoms with Crippen LogP contribution in [0.15, 0.2) is 18.2 Å². The van der Waals surface area contributed by atoms with E-state index in [-0.39, 0.29) is 0 Å². The van der Waals surface area contributed by atoms with Crippen LogP contribution >= 0.6 is 11.8 Å². The minimum atomic E-state index is 0.972. The van der Waals surface area contributed by atoms with E-state index in [1.165, 1.54) is 46.3 Å². The minimum absolute atomic E-state index is 0.972. The molecule has 1 aromatic carbocycles.